The van der Waals surface area contributed by atoms with Crippen LogP contribution >= 0.6 is 0 Å². The molecule has 4 heterocycles. The summed E-state index contributed by atoms with van der Waals surface area (Å²) in [5.41, 5.74) is 3.33. The number of amides is 1. The van der Waals surface area contributed by atoms with Crippen LogP contribution in [0.4, 0.5) is 17.3 Å². The molecule has 10 heteroatoms. The van der Waals surface area contributed by atoms with Crippen LogP contribution in [0.25, 0.3) is 16.6 Å². The number of carbonyl (C=O) groups is 1. The smallest absolute Gasteiger partial charge is 0.257 e. The van der Waals surface area contributed by atoms with Gasteiger partial charge in [-0.15, -0.1) is 0 Å². The Morgan fingerprint density at radius 1 is 1.23 bits per heavy atom. The van der Waals surface area contributed by atoms with Crippen LogP contribution in [0.1, 0.15) is 35.2 Å². The first-order chi connectivity index (χ1) is 15.2. The Bertz CT molecular complexity index is 1310. The van der Waals surface area contributed by atoms with Gasteiger partial charge in [-0.05, 0) is 37.0 Å². The van der Waals surface area contributed by atoms with Gasteiger partial charge in [-0.1, -0.05) is 5.16 Å². The normalized spacial score (nSPS) is 21.0. The molecule has 1 aliphatic carbocycles. The number of carbonyl (C=O) groups excluding carboxylic acids is 1. The van der Waals surface area contributed by atoms with Gasteiger partial charge in [0.1, 0.15) is 17.2 Å². The molecule has 0 saturated heterocycles. The molecule has 4 aromatic rings. The molecular weight excluding hydrogens is 398 g/mol. The Balaban J connectivity index is 1.55. The van der Waals surface area contributed by atoms with E-state index in [4.69, 9.17) is 14.2 Å². The van der Waals surface area contributed by atoms with E-state index in [2.05, 4.69) is 26.2 Å². The lowest BCUT2D eigenvalue weighted by Crippen LogP contribution is -2.41. The number of rotatable bonds is 1. The minimum atomic E-state index is -0.195. The zero-order valence-corrected chi connectivity index (χ0v) is 16.9. The van der Waals surface area contributed by atoms with Crippen molar-refractivity contribution in [2.45, 2.75) is 38.0 Å². The summed E-state index contributed by atoms with van der Waals surface area (Å²) < 4.78 is 13.3. The van der Waals surface area contributed by atoms with Crippen LogP contribution in [-0.2, 0) is 11.3 Å². The molecule has 3 aromatic heterocycles. The van der Waals surface area contributed by atoms with Gasteiger partial charge in [-0.3, -0.25) is 4.79 Å². The molecule has 0 spiro atoms. The number of aromatic nitrogens is 4. The number of ether oxygens (including phenoxy) is 1. The molecule has 2 atom stereocenters. The topological polar surface area (TPSA) is 119 Å². The number of benzene rings is 1. The first-order valence-electron chi connectivity index (χ1n) is 10.3. The third-order valence-electron chi connectivity index (χ3n) is 6.00. The van der Waals surface area contributed by atoms with E-state index < -0.39 is 0 Å². The van der Waals surface area contributed by atoms with Crippen molar-refractivity contribution in [2.24, 2.45) is 0 Å². The van der Waals surface area contributed by atoms with E-state index in [0.717, 1.165) is 35.9 Å². The van der Waals surface area contributed by atoms with Gasteiger partial charge in [0.15, 0.2) is 11.2 Å². The van der Waals surface area contributed by atoms with Crippen LogP contribution in [0.2, 0.25) is 0 Å². The van der Waals surface area contributed by atoms with E-state index in [9.17, 15) is 4.79 Å². The van der Waals surface area contributed by atoms with Crippen LogP contribution < -0.4 is 16.0 Å². The van der Waals surface area contributed by atoms with Crippen LogP contribution in [0.15, 0.2) is 35.1 Å². The van der Waals surface area contributed by atoms with E-state index >= 15 is 0 Å². The molecule has 1 aromatic carbocycles. The maximum absolute atomic E-state index is 13.1. The quantitative estimate of drug-likeness (QED) is 0.431. The molecule has 0 unspecified atom stereocenters. The summed E-state index contributed by atoms with van der Waals surface area (Å²) in [6.07, 6.45) is 5.97. The fraction of sp³-hybridized carbons (Fsp3) is 0.333. The lowest BCUT2D eigenvalue weighted by atomic mass is 10.1. The second-order valence-electron chi connectivity index (χ2n) is 7.94. The Kier molecular flexibility index (Phi) is 4.06. The first kappa shape index (κ1) is 18.1. The molecule has 6 rings (SSSR count). The SMILES string of the molecule is CNc1cc2nc3c(cnn13)C(=O)N[C@@H]1CCC[C@H]1OCc1cc(c3cnoc3c1)N2. The number of nitrogens with zero attached hydrogens (tertiary/aromatic N) is 4. The van der Waals surface area contributed by atoms with Gasteiger partial charge in [0.25, 0.3) is 5.91 Å². The second-order valence-corrected chi connectivity index (χ2v) is 7.94. The summed E-state index contributed by atoms with van der Waals surface area (Å²) in [7, 11) is 1.80. The fourth-order valence-corrected chi connectivity index (χ4v) is 4.46. The Hall–Kier alpha value is -3.66. The third-order valence-corrected chi connectivity index (χ3v) is 6.00. The predicted molar refractivity (Wildman–Crippen MR) is 114 cm³/mol. The Morgan fingerprint density at radius 3 is 3.06 bits per heavy atom. The van der Waals surface area contributed by atoms with Gasteiger partial charge >= 0.3 is 0 Å². The molecule has 1 fully saturated rings. The molecular formula is C21H21N7O3. The van der Waals surface area contributed by atoms with Crippen LogP contribution in [0.3, 0.4) is 0 Å². The molecule has 158 valence electrons. The van der Waals surface area contributed by atoms with Gasteiger partial charge in [-0.2, -0.15) is 9.61 Å². The number of hydrogen-bond acceptors (Lipinski definition) is 8. The Labute approximate surface area is 176 Å². The highest BCUT2D eigenvalue weighted by molar-refractivity contribution is 6.00. The number of fused-ring (bicyclic) bond motifs is 6. The molecule has 1 aliphatic heterocycles. The monoisotopic (exact) mass is 419 g/mol. The standard InChI is InChI=1S/C21H21N7O3/c1-22-19-7-18-25-15-5-11(6-17-12(15)9-24-31-17)10-30-16-4-2-3-14(16)26-21(29)13-8-23-28(19)20(13)27-18/h5-9,14,16,22H,2-4,10H2,1H3,(H,25,27)(H,26,29)/t14-,16-/m1/s1. The van der Waals surface area contributed by atoms with Crippen LogP contribution in [-0.4, -0.2) is 44.9 Å². The largest absolute Gasteiger partial charge is 0.373 e. The molecule has 1 amide bonds. The van der Waals surface area contributed by atoms with Crippen molar-refractivity contribution in [3.63, 3.8) is 0 Å². The van der Waals surface area contributed by atoms with Crippen molar-refractivity contribution in [3.8, 4) is 0 Å². The van der Waals surface area contributed by atoms with Crippen molar-refractivity contribution < 1.29 is 14.1 Å². The van der Waals surface area contributed by atoms with Gasteiger partial charge in [0.2, 0.25) is 0 Å². The van der Waals surface area contributed by atoms with Gasteiger partial charge in [-0.25, -0.2) is 4.98 Å². The van der Waals surface area contributed by atoms with Crippen LogP contribution in [0, 0.1) is 0 Å². The summed E-state index contributed by atoms with van der Waals surface area (Å²) in [4.78, 5) is 17.8. The molecule has 0 radical (unpaired) electrons. The first-order valence-corrected chi connectivity index (χ1v) is 10.3. The summed E-state index contributed by atoms with van der Waals surface area (Å²) >= 11 is 0. The molecule has 1 saturated carbocycles. The second kappa shape index (κ2) is 6.95. The third kappa shape index (κ3) is 2.98. The number of nitrogens with one attached hydrogen (secondary N) is 3. The zero-order chi connectivity index (χ0) is 20.9. The van der Waals surface area contributed by atoms with Gasteiger partial charge in [0, 0.05) is 13.1 Å². The van der Waals surface area contributed by atoms with E-state index in [0.29, 0.717) is 35.0 Å². The Morgan fingerprint density at radius 2 is 2.16 bits per heavy atom. The average Bonchev–Trinajstić information content (AvgIpc) is 3.50. The highest BCUT2D eigenvalue weighted by Crippen LogP contribution is 2.31. The summed E-state index contributed by atoms with van der Waals surface area (Å²) in [6, 6.07) is 5.75. The maximum atomic E-state index is 13.1. The lowest BCUT2D eigenvalue weighted by molar-refractivity contribution is 0.0272. The average molecular weight is 419 g/mol. The van der Waals surface area contributed by atoms with E-state index in [-0.39, 0.29) is 18.1 Å². The number of anilines is 3. The zero-order valence-electron chi connectivity index (χ0n) is 16.9. The summed E-state index contributed by atoms with van der Waals surface area (Å²) in [5.74, 6) is 1.08. The van der Waals surface area contributed by atoms with Gasteiger partial charge in [0.05, 0.1) is 42.2 Å². The van der Waals surface area contributed by atoms with Crippen molar-refractivity contribution >= 4 is 39.8 Å². The highest BCUT2D eigenvalue weighted by atomic mass is 16.5. The summed E-state index contributed by atoms with van der Waals surface area (Å²) in [5, 5.41) is 18.8. The fourth-order valence-electron chi connectivity index (χ4n) is 4.46. The molecule has 10 nitrogen and oxygen atoms in total. The van der Waals surface area contributed by atoms with E-state index in [1.54, 1.807) is 24.0 Å². The minimum absolute atomic E-state index is 0.0491. The maximum Gasteiger partial charge on any atom is 0.257 e. The van der Waals surface area contributed by atoms with Crippen molar-refractivity contribution in [3.05, 3.63) is 41.7 Å². The van der Waals surface area contributed by atoms with Crippen molar-refractivity contribution in [2.75, 3.05) is 17.7 Å². The van der Waals surface area contributed by atoms with Crippen molar-refractivity contribution in [1.29, 1.82) is 0 Å². The highest BCUT2D eigenvalue weighted by Gasteiger charge is 2.31. The molecule has 4 bridgehead atoms. The molecule has 3 N–H and O–H groups in total. The van der Waals surface area contributed by atoms with Crippen molar-refractivity contribution in [1.82, 2.24) is 25.1 Å². The van der Waals surface area contributed by atoms with E-state index in [1.165, 1.54) is 0 Å². The van der Waals surface area contributed by atoms with Gasteiger partial charge < -0.3 is 25.2 Å². The van der Waals surface area contributed by atoms with E-state index in [1.807, 2.05) is 18.2 Å². The molecule has 31 heavy (non-hydrogen) atoms. The molecule has 2 aliphatic rings. The predicted octanol–water partition coefficient (Wildman–Crippen LogP) is 2.84. The number of hydrogen-bond donors (Lipinski definition) is 3. The summed E-state index contributed by atoms with van der Waals surface area (Å²) in [6.45, 7) is 0.412. The minimum Gasteiger partial charge on any atom is -0.373 e. The lowest BCUT2D eigenvalue weighted by Gasteiger charge is -2.22. The van der Waals surface area contributed by atoms with Crippen LogP contribution in [0.5, 0.6) is 0 Å².